The number of methoxy groups -OCH3 is 1. The number of hydrazone groups is 1. The Bertz CT molecular complexity index is 352. The van der Waals surface area contributed by atoms with Crippen LogP contribution in [0.5, 0.6) is 0 Å². The van der Waals surface area contributed by atoms with Gasteiger partial charge in [0.2, 0.25) is 0 Å². The summed E-state index contributed by atoms with van der Waals surface area (Å²) >= 11 is 3.35. The molecule has 0 radical (unpaired) electrons. The fourth-order valence-electron chi connectivity index (χ4n) is 0.780. The van der Waals surface area contributed by atoms with Crippen molar-refractivity contribution in [2.75, 3.05) is 7.11 Å². The molecule has 1 aromatic carbocycles. The minimum atomic E-state index is -0.590. The fraction of sp³-hybridized carbons (Fsp3) is 0.111. The molecule has 0 aliphatic heterocycles. The van der Waals surface area contributed by atoms with E-state index in [1.807, 2.05) is 24.3 Å². The molecule has 4 nitrogen and oxygen atoms in total. The third-order valence-electron chi connectivity index (χ3n) is 1.45. The van der Waals surface area contributed by atoms with Gasteiger partial charge in [0.05, 0.1) is 13.3 Å². The number of carbonyl (C=O) groups excluding carboxylic acids is 1. The molecule has 74 valence electrons. The molecule has 0 aliphatic rings. The molecule has 0 fully saturated rings. The number of nitrogens with one attached hydrogen (secondary N) is 1. The second kappa shape index (κ2) is 5.39. The van der Waals surface area contributed by atoms with E-state index in [-0.39, 0.29) is 0 Å². The summed E-state index contributed by atoms with van der Waals surface area (Å²) in [5, 5.41) is 3.69. The Labute approximate surface area is 90.1 Å². The number of amides is 1. The highest BCUT2D eigenvalue weighted by molar-refractivity contribution is 9.10. The van der Waals surface area contributed by atoms with Crippen LogP contribution >= 0.6 is 15.9 Å². The van der Waals surface area contributed by atoms with E-state index in [0.717, 1.165) is 10.0 Å². The molecular formula is C9H9BrN2O2. The molecule has 0 aliphatic carbocycles. The van der Waals surface area contributed by atoms with Crippen LogP contribution in [0.1, 0.15) is 5.56 Å². The number of nitrogens with zero attached hydrogens (tertiary/aromatic N) is 1. The Morgan fingerprint density at radius 1 is 1.57 bits per heavy atom. The summed E-state index contributed by atoms with van der Waals surface area (Å²) in [4.78, 5) is 10.6. The van der Waals surface area contributed by atoms with Crippen LogP contribution in [-0.2, 0) is 4.74 Å². The van der Waals surface area contributed by atoms with E-state index in [2.05, 4.69) is 31.2 Å². The molecule has 1 N–H and O–H groups in total. The first-order valence-electron chi connectivity index (χ1n) is 3.85. The lowest BCUT2D eigenvalue weighted by molar-refractivity contribution is 0.171. The minimum absolute atomic E-state index is 0.590. The van der Waals surface area contributed by atoms with Gasteiger partial charge in [-0.2, -0.15) is 5.10 Å². The van der Waals surface area contributed by atoms with Gasteiger partial charge in [-0.15, -0.1) is 0 Å². The van der Waals surface area contributed by atoms with E-state index in [9.17, 15) is 4.79 Å². The number of ether oxygens (including phenoxy) is 1. The molecule has 0 spiro atoms. The summed E-state index contributed by atoms with van der Waals surface area (Å²) in [5.41, 5.74) is 3.07. The van der Waals surface area contributed by atoms with Gasteiger partial charge in [0.1, 0.15) is 0 Å². The maximum Gasteiger partial charge on any atom is 0.427 e. The summed E-state index contributed by atoms with van der Waals surface area (Å²) in [6.07, 6.45) is 0.939. The van der Waals surface area contributed by atoms with Gasteiger partial charge < -0.3 is 4.74 Å². The smallest absolute Gasteiger partial charge is 0.427 e. The van der Waals surface area contributed by atoms with Crippen molar-refractivity contribution < 1.29 is 9.53 Å². The van der Waals surface area contributed by atoms with Crippen LogP contribution in [0.25, 0.3) is 0 Å². The molecule has 0 saturated heterocycles. The fourth-order valence-corrected chi connectivity index (χ4v) is 1.17. The standard InChI is InChI=1S/C9H9BrN2O2/c1-14-9(13)12-11-6-7-4-2-3-5-8(7)10/h2-6H,1H3,(H,12,13)/b11-6+. The van der Waals surface area contributed by atoms with Gasteiger partial charge in [-0.25, -0.2) is 10.2 Å². The molecule has 1 aromatic rings. The molecule has 0 saturated carbocycles. The summed E-state index contributed by atoms with van der Waals surface area (Å²) in [7, 11) is 1.28. The molecule has 1 amide bonds. The van der Waals surface area contributed by atoms with Crippen molar-refractivity contribution in [1.82, 2.24) is 5.43 Å². The topological polar surface area (TPSA) is 50.7 Å². The predicted molar refractivity (Wildman–Crippen MR) is 57.3 cm³/mol. The van der Waals surface area contributed by atoms with Crippen molar-refractivity contribution in [1.29, 1.82) is 0 Å². The third kappa shape index (κ3) is 3.18. The van der Waals surface area contributed by atoms with Crippen LogP contribution in [0.4, 0.5) is 4.79 Å². The molecule has 0 unspecified atom stereocenters. The number of carbonyl (C=O) groups is 1. The van der Waals surface area contributed by atoms with E-state index < -0.39 is 6.09 Å². The lowest BCUT2D eigenvalue weighted by Crippen LogP contribution is -2.16. The molecule has 0 bridgehead atoms. The zero-order chi connectivity index (χ0) is 10.4. The molecule has 1 rings (SSSR count). The van der Waals surface area contributed by atoms with E-state index in [1.165, 1.54) is 13.3 Å². The Balaban J connectivity index is 2.60. The zero-order valence-electron chi connectivity index (χ0n) is 7.53. The highest BCUT2D eigenvalue weighted by Crippen LogP contribution is 2.13. The van der Waals surface area contributed by atoms with Crippen LogP contribution in [0.3, 0.4) is 0 Å². The van der Waals surface area contributed by atoms with E-state index in [4.69, 9.17) is 0 Å². The SMILES string of the molecule is COC(=O)N/N=C/c1ccccc1Br. The van der Waals surface area contributed by atoms with Gasteiger partial charge in [-0.1, -0.05) is 34.1 Å². The second-order valence-corrected chi connectivity index (χ2v) is 3.24. The summed E-state index contributed by atoms with van der Waals surface area (Å²) in [5.74, 6) is 0. The zero-order valence-corrected chi connectivity index (χ0v) is 9.11. The van der Waals surface area contributed by atoms with Gasteiger partial charge in [-0.05, 0) is 6.07 Å². The van der Waals surface area contributed by atoms with Crippen LogP contribution < -0.4 is 5.43 Å². The lowest BCUT2D eigenvalue weighted by atomic mass is 10.2. The third-order valence-corrected chi connectivity index (χ3v) is 2.17. The molecular weight excluding hydrogens is 248 g/mol. The average Bonchev–Trinajstić information content (AvgIpc) is 2.20. The molecule has 14 heavy (non-hydrogen) atoms. The first kappa shape index (κ1) is 10.7. The quantitative estimate of drug-likeness (QED) is 0.651. The first-order chi connectivity index (χ1) is 6.74. The summed E-state index contributed by atoms with van der Waals surface area (Å²) in [6, 6.07) is 7.53. The van der Waals surface area contributed by atoms with Gasteiger partial charge in [-0.3, -0.25) is 0 Å². The van der Waals surface area contributed by atoms with Crippen molar-refractivity contribution in [3.63, 3.8) is 0 Å². The predicted octanol–water partition coefficient (Wildman–Crippen LogP) is 2.14. The van der Waals surface area contributed by atoms with Crippen molar-refractivity contribution in [2.45, 2.75) is 0 Å². The number of hydrogen-bond acceptors (Lipinski definition) is 3. The van der Waals surface area contributed by atoms with Gasteiger partial charge in [0.25, 0.3) is 0 Å². The van der Waals surface area contributed by atoms with Gasteiger partial charge in [0, 0.05) is 10.0 Å². The maximum atomic E-state index is 10.6. The number of rotatable bonds is 2. The molecule has 0 aromatic heterocycles. The largest absolute Gasteiger partial charge is 0.452 e. The van der Waals surface area contributed by atoms with Gasteiger partial charge >= 0.3 is 6.09 Å². The van der Waals surface area contributed by atoms with E-state index >= 15 is 0 Å². The number of hydrogen-bond donors (Lipinski definition) is 1. The highest BCUT2D eigenvalue weighted by atomic mass is 79.9. The van der Waals surface area contributed by atoms with Crippen molar-refractivity contribution in [3.05, 3.63) is 34.3 Å². The molecule has 0 heterocycles. The van der Waals surface area contributed by atoms with Crippen LogP contribution in [0.2, 0.25) is 0 Å². The summed E-state index contributed by atoms with van der Waals surface area (Å²) in [6.45, 7) is 0. The number of halogens is 1. The molecule has 0 atom stereocenters. The minimum Gasteiger partial charge on any atom is -0.452 e. The highest BCUT2D eigenvalue weighted by Gasteiger charge is 1.95. The Morgan fingerprint density at radius 2 is 2.29 bits per heavy atom. The van der Waals surface area contributed by atoms with Crippen LogP contribution in [0, 0.1) is 0 Å². The Kier molecular flexibility index (Phi) is 4.12. The van der Waals surface area contributed by atoms with Crippen molar-refractivity contribution in [3.8, 4) is 0 Å². The van der Waals surface area contributed by atoms with Crippen LogP contribution in [-0.4, -0.2) is 19.4 Å². The first-order valence-corrected chi connectivity index (χ1v) is 4.65. The lowest BCUT2D eigenvalue weighted by Gasteiger charge is -1.97. The Hall–Kier alpha value is -1.36. The number of benzene rings is 1. The van der Waals surface area contributed by atoms with E-state index in [0.29, 0.717) is 0 Å². The van der Waals surface area contributed by atoms with E-state index in [1.54, 1.807) is 0 Å². The summed E-state index contributed by atoms with van der Waals surface area (Å²) < 4.78 is 5.26. The van der Waals surface area contributed by atoms with Crippen molar-refractivity contribution in [2.24, 2.45) is 5.10 Å². The normalized spacial score (nSPS) is 10.1. The Morgan fingerprint density at radius 3 is 2.93 bits per heavy atom. The van der Waals surface area contributed by atoms with Crippen molar-refractivity contribution >= 4 is 28.2 Å². The molecule has 5 heteroatoms. The monoisotopic (exact) mass is 256 g/mol. The van der Waals surface area contributed by atoms with Gasteiger partial charge in [0.15, 0.2) is 0 Å². The average molecular weight is 257 g/mol. The maximum absolute atomic E-state index is 10.6. The second-order valence-electron chi connectivity index (χ2n) is 2.38. The van der Waals surface area contributed by atoms with Crippen LogP contribution in [0.15, 0.2) is 33.8 Å².